The number of phenols is 1. The number of hydrogen-bond acceptors (Lipinski definition) is 3. The summed E-state index contributed by atoms with van der Waals surface area (Å²) in [5, 5.41) is 18.1. The smallest absolute Gasteiger partial charge is 0.305 e. The van der Waals surface area contributed by atoms with Crippen LogP contribution in [0.4, 0.5) is 0 Å². The van der Waals surface area contributed by atoms with Crippen LogP contribution in [0.3, 0.4) is 0 Å². The van der Waals surface area contributed by atoms with Crippen LogP contribution in [0.15, 0.2) is 24.3 Å². The standard InChI is InChI=1S/C10H13NO3/c1-10(11,6-9(13)14)7-4-2-3-5-8(7)12/h2-5,12H,6,11H2,1H3,(H,13,14). The maximum absolute atomic E-state index is 10.5. The normalized spacial score (nSPS) is 14.7. The van der Waals surface area contributed by atoms with Crippen molar-refractivity contribution in [2.45, 2.75) is 18.9 Å². The molecule has 4 N–H and O–H groups in total. The fraction of sp³-hybridized carbons (Fsp3) is 0.300. The highest BCUT2D eigenvalue weighted by Gasteiger charge is 2.26. The summed E-state index contributed by atoms with van der Waals surface area (Å²) in [7, 11) is 0. The van der Waals surface area contributed by atoms with Crippen LogP contribution in [-0.4, -0.2) is 16.2 Å². The largest absolute Gasteiger partial charge is 0.508 e. The predicted octanol–water partition coefficient (Wildman–Crippen LogP) is 1.04. The third kappa shape index (κ3) is 2.23. The van der Waals surface area contributed by atoms with E-state index in [-0.39, 0.29) is 12.2 Å². The SMILES string of the molecule is CC(N)(CC(=O)O)c1ccccc1O. The van der Waals surface area contributed by atoms with E-state index in [0.717, 1.165) is 0 Å². The van der Waals surface area contributed by atoms with E-state index in [1.807, 2.05) is 0 Å². The molecule has 0 amide bonds. The number of carboxylic acids is 1. The number of carboxylic acid groups (broad SMARTS) is 1. The van der Waals surface area contributed by atoms with Gasteiger partial charge in [-0.25, -0.2) is 0 Å². The number of aliphatic carboxylic acids is 1. The van der Waals surface area contributed by atoms with E-state index in [9.17, 15) is 9.90 Å². The molecule has 14 heavy (non-hydrogen) atoms. The molecule has 0 heterocycles. The van der Waals surface area contributed by atoms with Gasteiger partial charge in [-0.2, -0.15) is 0 Å². The van der Waals surface area contributed by atoms with Gasteiger partial charge in [-0.05, 0) is 13.0 Å². The second-order valence-electron chi connectivity index (χ2n) is 3.51. The lowest BCUT2D eigenvalue weighted by Crippen LogP contribution is -2.35. The number of rotatable bonds is 3. The Hall–Kier alpha value is -1.55. The van der Waals surface area contributed by atoms with E-state index < -0.39 is 11.5 Å². The van der Waals surface area contributed by atoms with Gasteiger partial charge in [0.25, 0.3) is 0 Å². The predicted molar refractivity (Wildman–Crippen MR) is 51.9 cm³/mol. The van der Waals surface area contributed by atoms with Crippen LogP contribution in [0.25, 0.3) is 0 Å². The van der Waals surface area contributed by atoms with Gasteiger partial charge in [0, 0.05) is 5.56 Å². The number of phenolic OH excluding ortho intramolecular Hbond substituents is 1. The lowest BCUT2D eigenvalue weighted by molar-refractivity contribution is -0.138. The fourth-order valence-electron chi connectivity index (χ4n) is 1.37. The molecule has 0 aliphatic heterocycles. The summed E-state index contributed by atoms with van der Waals surface area (Å²) in [4.78, 5) is 10.5. The van der Waals surface area contributed by atoms with Gasteiger partial charge in [0.15, 0.2) is 0 Å². The second kappa shape index (κ2) is 3.67. The van der Waals surface area contributed by atoms with E-state index in [4.69, 9.17) is 10.8 Å². The zero-order valence-electron chi connectivity index (χ0n) is 7.90. The van der Waals surface area contributed by atoms with Crippen molar-refractivity contribution in [1.29, 1.82) is 0 Å². The molecule has 1 unspecified atom stereocenters. The summed E-state index contributed by atoms with van der Waals surface area (Å²) < 4.78 is 0. The molecule has 76 valence electrons. The first kappa shape index (κ1) is 10.5. The molecule has 0 aliphatic carbocycles. The van der Waals surface area contributed by atoms with Crippen LogP contribution in [0, 0.1) is 0 Å². The van der Waals surface area contributed by atoms with Crippen LogP contribution < -0.4 is 5.73 Å². The molecular weight excluding hydrogens is 182 g/mol. The van der Waals surface area contributed by atoms with Gasteiger partial charge in [0.2, 0.25) is 0 Å². The molecule has 0 aromatic heterocycles. The highest BCUT2D eigenvalue weighted by Crippen LogP contribution is 2.29. The van der Waals surface area contributed by atoms with E-state index >= 15 is 0 Å². The van der Waals surface area contributed by atoms with Crippen molar-refractivity contribution >= 4 is 5.97 Å². The third-order valence-electron chi connectivity index (χ3n) is 2.04. The van der Waals surface area contributed by atoms with Gasteiger partial charge in [-0.15, -0.1) is 0 Å². The molecule has 0 aliphatic rings. The lowest BCUT2D eigenvalue weighted by Gasteiger charge is -2.23. The number of para-hydroxylation sites is 1. The van der Waals surface area contributed by atoms with Crippen LogP contribution in [0.2, 0.25) is 0 Å². The van der Waals surface area contributed by atoms with Crippen molar-refractivity contribution in [2.24, 2.45) is 5.73 Å². The molecule has 0 saturated heterocycles. The van der Waals surface area contributed by atoms with Gasteiger partial charge >= 0.3 is 5.97 Å². The molecule has 0 saturated carbocycles. The first-order valence-electron chi connectivity index (χ1n) is 4.22. The van der Waals surface area contributed by atoms with Crippen molar-refractivity contribution in [1.82, 2.24) is 0 Å². The lowest BCUT2D eigenvalue weighted by atomic mass is 9.89. The molecule has 1 aromatic carbocycles. The summed E-state index contributed by atoms with van der Waals surface area (Å²) in [5.41, 5.74) is 5.20. The molecule has 0 spiro atoms. The summed E-state index contributed by atoms with van der Waals surface area (Å²) in [6, 6.07) is 6.48. The van der Waals surface area contributed by atoms with Crippen molar-refractivity contribution in [3.63, 3.8) is 0 Å². The summed E-state index contributed by atoms with van der Waals surface area (Å²) in [6.07, 6.45) is -0.218. The van der Waals surface area contributed by atoms with Crippen molar-refractivity contribution in [2.75, 3.05) is 0 Å². The van der Waals surface area contributed by atoms with E-state index in [1.165, 1.54) is 6.07 Å². The minimum absolute atomic E-state index is 0.0266. The van der Waals surface area contributed by atoms with Crippen LogP contribution in [0.1, 0.15) is 18.9 Å². The molecule has 1 rings (SSSR count). The average Bonchev–Trinajstić information content (AvgIpc) is 2.02. The summed E-state index contributed by atoms with van der Waals surface area (Å²) in [6.45, 7) is 1.58. The van der Waals surface area contributed by atoms with Gasteiger partial charge in [0.05, 0.1) is 12.0 Å². The Labute approximate surface area is 82.0 Å². The van der Waals surface area contributed by atoms with Gasteiger partial charge < -0.3 is 15.9 Å². The molecule has 0 radical (unpaired) electrons. The second-order valence-corrected chi connectivity index (χ2v) is 3.51. The van der Waals surface area contributed by atoms with Crippen molar-refractivity contribution in [3.8, 4) is 5.75 Å². The minimum Gasteiger partial charge on any atom is -0.508 e. The van der Waals surface area contributed by atoms with E-state index in [2.05, 4.69) is 0 Å². The Morgan fingerprint density at radius 2 is 2.07 bits per heavy atom. The Balaban J connectivity index is 3.03. The fourth-order valence-corrected chi connectivity index (χ4v) is 1.37. The van der Waals surface area contributed by atoms with Gasteiger partial charge in [0.1, 0.15) is 5.75 Å². The van der Waals surface area contributed by atoms with Gasteiger partial charge in [-0.1, -0.05) is 18.2 Å². The first-order valence-corrected chi connectivity index (χ1v) is 4.22. The number of hydrogen-bond donors (Lipinski definition) is 3. The van der Waals surface area contributed by atoms with Crippen LogP contribution in [-0.2, 0) is 10.3 Å². The average molecular weight is 195 g/mol. The van der Waals surface area contributed by atoms with Crippen molar-refractivity contribution < 1.29 is 15.0 Å². The zero-order chi connectivity index (χ0) is 10.8. The zero-order valence-corrected chi connectivity index (χ0v) is 7.90. The molecule has 1 aromatic rings. The van der Waals surface area contributed by atoms with E-state index in [1.54, 1.807) is 25.1 Å². The molecule has 0 fully saturated rings. The number of aromatic hydroxyl groups is 1. The number of benzene rings is 1. The maximum Gasteiger partial charge on any atom is 0.305 e. The van der Waals surface area contributed by atoms with Gasteiger partial charge in [-0.3, -0.25) is 4.79 Å². The number of carbonyl (C=O) groups is 1. The summed E-state index contributed by atoms with van der Waals surface area (Å²) >= 11 is 0. The molecule has 1 atom stereocenters. The minimum atomic E-state index is -1.04. The molecular formula is C10H13NO3. The first-order chi connectivity index (χ1) is 6.43. The molecule has 4 nitrogen and oxygen atoms in total. The molecule has 0 bridgehead atoms. The molecule has 4 heteroatoms. The Morgan fingerprint density at radius 1 is 1.50 bits per heavy atom. The third-order valence-corrected chi connectivity index (χ3v) is 2.04. The van der Waals surface area contributed by atoms with E-state index in [0.29, 0.717) is 5.56 Å². The van der Waals surface area contributed by atoms with Crippen molar-refractivity contribution in [3.05, 3.63) is 29.8 Å². The Bertz CT molecular complexity index is 347. The topological polar surface area (TPSA) is 83.6 Å². The highest BCUT2D eigenvalue weighted by molar-refractivity contribution is 5.69. The van der Waals surface area contributed by atoms with Crippen LogP contribution >= 0.6 is 0 Å². The Kier molecular flexibility index (Phi) is 2.76. The highest BCUT2D eigenvalue weighted by atomic mass is 16.4. The van der Waals surface area contributed by atoms with Crippen LogP contribution in [0.5, 0.6) is 5.75 Å². The number of nitrogens with two attached hydrogens (primary N) is 1. The maximum atomic E-state index is 10.5. The Morgan fingerprint density at radius 3 is 2.57 bits per heavy atom. The monoisotopic (exact) mass is 195 g/mol. The summed E-state index contributed by atoms with van der Waals surface area (Å²) in [5.74, 6) is -0.961. The quantitative estimate of drug-likeness (QED) is 0.672.